The lowest BCUT2D eigenvalue weighted by Gasteiger charge is -2.14. The average molecular weight is 196 g/mol. The van der Waals surface area contributed by atoms with Gasteiger partial charge in [0.15, 0.2) is 0 Å². The lowest BCUT2D eigenvalue weighted by molar-refractivity contribution is 0.167. The van der Waals surface area contributed by atoms with Gasteiger partial charge in [-0.25, -0.2) is 4.98 Å². The molecular weight excluding hydrogens is 180 g/mol. The van der Waals surface area contributed by atoms with E-state index in [9.17, 15) is 5.11 Å². The Hall–Kier alpha value is -1.16. The predicted octanol–water partition coefficient (Wildman–Crippen LogP) is 1.28. The molecule has 0 aromatic carbocycles. The van der Waals surface area contributed by atoms with E-state index in [1.807, 2.05) is 6.92 Å². The van der Waals surface area contributed by atoms with Gasteiger partial charge in [0.1, 0.15) is 5.82 Å². The molecule has 78 valence electrons. The summed E-state index contributed by atoms with van der Waals surface area (Å²) in [4.78, 5) is 8.33. The van der Waals surface area contributed by atoms with Crippen molar-refractivity contribution in [1.82, 2.24) is 9.97 Å². The molecule has 2 unspecified atom stereocenters. The topological polar surface area (TPSA) is 55.2 Å². The highest BCUT2D eigenvalue weighted by molar-refractivity contribution is 5.19. The van der Waals surface area contributed by atoms with Crippen molar-refractivity contribution in [2.45, 2.75) is 32.8 Å². The first-order valence-electron chi connectivity index (χ1n) is 4.62. The first-order chi connectivity index (χ1) is 6.54. The number of aliphatic hydroxyl groups is 1. The Morgan fingerprint density at radius 3 is 2.50 bits per heavy atom. The van der Waals surface area contributed by atoms with Gasteiger partial charge in [-0.1, -0.05) is 6.92 Å². The standard InChI is InChI=1S/C10H16N2O2/c1-6(7(2)13)9-5-10(14-4)12-8(3)11-9/h5-7,13H,1-4H3. The summed E-state index contributed by atoms with van der Waals surface area (Å²) < 4.78 is 5.03. The highest BCUT2D eigenvalue weighted by atomic mass is 16.5. The maximum atomic E-state index is 9.43. The average Bonchev–Trinajstić information content (AvgIpc) is 2.15. The van der Waals surface area contributed by atoms with Crippen LogP contribution >= 0.6 is 0 Å². The minimum absolute atomic E-state index is 0.00870. The van der Waals surface area contributed by atoms with Crippen LogP contribution in [0.5, 0.6) is 5.88 Å². The molecule has 0 bridgehead atoms. The second-order valence-corrected chi connectivity index (χ2v) is 3.41. The molecule has 2 atom stereocenters. The van der Waals surface area contributed by atoms with Gasteiger partial charge in [-0.2, -0.15) is 4.98 Å². The van der Waals surface area contributed by atoms with Gasteiger partial charge in [0, 0.05) is 12.0 Å². The van der Waals surface area contributed by atoms with Crippen LogP contribution in [0.1, 0.15) is 31.3 Å². The number of hydrogen-bond acceptors (Lipinski definition) is 4. The largest absolute Gasteiger partial charge is 0.481 e. The molecule has 1 aromatic heterocycles. The monoisotopic (exact) mass is 196 g/mol. The summed E-state index contributed by atoms with van der Waals surface area (Å²) in [7, 11) is 1.57. The summed E-state index contributed by atoms with van der Waals surface area (Å²) in [6.45, 7) is 5.47. The van der Waals surface area contributed by atoms with Crippen LogP contribution in [0.15, 0.2) is 6.07 Å². The normalized spacial score (nSPS) is 14.9. The third-order valence-electron chi connectivity index (χ3n) is 2.23. The molecule has 14 heavy (non-hydrogen) atoms. The van der Waals surface area contributed by atoms with Crippen molar-refractivity contribution in [2.75, 3.05) is 7.11 Å². The highest BCUT2D eigenvalue weighted by Gasteiger charge is 2.14. The summed E-state index contributed by atoms with van der Waals surface area (Å²) in [5.41, 5.74) is 0.810. The maximum Gasteiger partial charge on any atom is 0.216 e. The van der Waals surface area contributed by atoms with Gasteiger partial charge in [-0.15, -0.1) is 0 Å². The van der Waals surface area contributed by atoms with Crippen LogP contribution in [0.2, 0.25) is 0 Å². The molecule has 0 amide bonds. The van der Waals surface area contributed by atoms with Crippen LogP contribution in [0.4, 0.5) is 0 Å². The van der Waals surface area contributed by atoms with Crippen molar-refractivity contribution in [3.63, 3.8) is 0 Å². The second kappa shape index (κ2) is 4.37. The van der Waals surface area contributed by atoms with Gasteiger partial charge >= 0.3 is 0 Å². The molecule has 4 heteroatoms. The van der Waals surface area contributed by atoms with E-state index in [0.717, 1.165) is 5.69 Å². The van der Waals surface area contributed by atoms with E-state index < -0.39 is 6.10 Å². The van der Waals surface area contributed by atoms with E-state index in [-0.39, 0.29) is 5.92 Å². The molecule has 0 aliphatic carbocycles. The summed E-state index contributed by atoms with van der Waals surface area (Å²) in [6.07, 6.45) is -0.422. The maximum absolute atomic E-state index is 9.43. The fourth-order valence-corrected chi connectivity index (χ4v) is 1.15. The molecule has 1 heterocycles. The second-order valence-electron chi connectivity index (χ2n) is 3.41. The molecular formula is C10H16N2O2. The van der Waals surface area contributed by atoms with Crippen molar-refractivity contribution in [2.24, 2.45) is 0 Å². The zero-order valence-corrected chi connectivity index (χ0v) is 8.98. The summed E-state index contributed by atoms with van der Waals surface area (Å²) in [6, 6.07) is 1.75. The van der Waals surface area contributed by atoms with E-state index in [1.165, 1.54) is 0 Å². The minimum Gasteiger partial charge on any atom is -0.481 e. The molecule has 0 fully saturated rings. The summed E-state index contributed by atoms with van der Waals surface area (Å²) in [5.74, 6) is 1.19. The van der Waals surface area contributed by atoms with Crippen LogP contribution in [-0.4, -0.2) is 28.3 Å². The van der Waals surface area contributed by atoms with Crippen LogP contribution in [0.25, 0.3) is 0 Å². The van der Waals surface area contributed by atoms with Gasteiger partial charge in [-0.3, -0.25) is 0 Å². The van der Waals surface area contributed by atoms with Crippen LogP contribution in [-0.2, 0) is 0 Å². The van der Waals surface area contributed by atoms with E-state index in [4.69, 9.17) is 4.74 Å². The van der Waals surface area contributed by atoms with Crippen LogP contribution < -0.4 is 4.74 Å². The molecule has 0 saturated heterocycles. The molecule has 1 rings (SSSR count). The zero-order chi connectivity index (χ0) is 10.7. The van der Waals surface area contributed by atoms with Crippen molar-refractivity contribution in [1.29, 1.82) is 0 Å². The molecule has 0 spiro atoms. The molecule has 0 saturated carbocycles. The van der Waals surface area contributed by atoms with Crippen LogP contribution in [0, 0.1) is 6.92 Å². The lowest BCUT2D eigenvalue weighted by Crippen LogP contribution is -2.13. The number of rotatable bonds is 3. The minimum atomic E-state index is -0.422. The molecule has 1 N–H and O–H groups in total. The molecule has 1 aromatic rings. The number of ether oxygens (including phenoxy) is 1. The van der Waals surface area contributed by atoms with Crippen LogP contribution in [0.3, 0.4) is 0 Å². The highest BCUT2D eigenvalue weighted by Crippen LogP contribution is 2.20. The van der Waals surface area contributed by atoms with Gasteiger partial charge < -0.3 is 9.84 Å². The summed E-state index contributed by atoms with van der Waals surface area (Å²) in [5, 5.41) is 9.43. The lowest BCUT2D eigenvalue weighted by atomic mass is 10.0. The van der Waals surface area contributed by atoms with Gasteiger partial charge in [0.2, 0.25) is 5.88 Å². The summed E-state index contributed by atoms with van der Waals surface area (Å²) >= 11 is 0. The van der Waals surface area contributed by atoms with Crippen molar-refractivity contribution >= 4 is 0 Å². The Morgan fingerprint density at radius 2 is 2.00 bits per heavy atom. The number of hydrogen-bond donors (Lipinski definition) is 1. The molecule has 0 radical (unpaired) electrons. The van der Waals surface area contributed by atoms with E-state index in [2.05, 4.69) is 9.97 Å². The smallest absolute Gasteiger partial charge is 0.216 e. The fourth-order valence-electron chi connectivity index (χ4n) is 1.15. The van der Waals surface area contributed by atoms with E-state index >= 15 is 0 Å². The molecule has 0 aliphatic rings. The fraction of sp³-hybridized carbons (Fsp3) is 0.600. The third-order valence-corrected chi connectivity index (χ3v) is 2.23. The Balaban J connectivity index is 3.02. The predicted molar refractivity (Wildman–Crippen MR) is 53.4 cm³/mol. The third kappa shape index (κ3) is 2.42. The number of aryl methyl sites for hydroxylation is 1. The number of aromatic nitrogens is 2. The van der Waals surface area contributed by atoms with Crippen molar-refractivity contribution in [3.05, 3.63) is 17.6 Å². The van der Waals surface area contributed by atoms with Gasteiger partial charge in [-0.05, 0) is 13.8 Å². The molecule has 4 nitrogen and oxygen atoms in total. The first-order valence-corrected chi connectivity index (χ1v) is 4.62. The SMILES string of the molecule is COc1cc(C(C)C(C)O)nc(C)n1. The van der Waals surface area contributed by atoms with Gasteiger partial charge in [0.25, 0.3) is 0 Å². The quantitative estimate of drug-likeness (QED) is 0.791. The Bertz CT molecular complexity index is 313. The van der Waals surface area contributed by atoms with Crippen molar-refractivity contribution in [3.8, 4) is 5.88 Å². The van der Waals surface area contributed by atoms with E-state index in [0.29, 0.717) is 11.7 Å². The number of methoxy groups -OCH3 is 1. The Morgan fingerprint density at radius 1 is 1.36 bits per heavy atom. The number of aliphatic hydroxyl groups excluding tert-OH is 1. The number of nitrogens with zero attached hydrogens (tertiary/aromatic N) is 2. The molecule has 0 aliphatic heterocycles. The Kier molecular flexibility index (Phi) is 3.41. The Labute approximate surface area is 84.0 Å². The van der Waals surface area contributed by atoms with Gasteiger partial charge in [0.05, 0.1) is 18.9 Å². The zero-order valence-electron chi connectivity index (χ0n) is 8.98. The van der Waals surface area contributed by atoms with E-state index in [1.54, 1.807) is 27.0 Å². The van der Waals surface area contributed by atoms with Crippen molar-refractivity contribution < 1.29 is 9.84 Å². The first kappa shape index (κ1) is 10.9.